The fourth-order valence-electron chi connectivity index (χ4n) is 2.28. The van der Waals surface area contributed by atoms with Gasteiger partial charge in [-0.1, -0.05) is 35.7 Å². The number of likely N-dealkylation sites (tertiary alicyclic amines) is 1. The molecule has 0 bridgehead atoms. The lowest BCUT2D eigenvalue weighted by atomic mass is 10.0. The molecule has 1 aromatic rings. The zero-order valence-electron chi connectivity index (χ0n) is 9.90. The van der Waals surface area contributed by atoms with Crippen LogP contribution in [0.1, 0.15) is 24.8 Å². The summed E-state index contributed by atoms with van der Waals surface area (Å²) in [5.41, 5.74) is 6.29. The van der Waals surface area contributed by atoms with Crippen molar-refractivity contribution >= 4 is 29.1 Å². The van der Waals surface area contributed by atoms with E-state index in [4.69, 9.17) is 28.9 Å². The average molecular weight is 288 g/mol. The third kappa shape index (κ3) is 3.13. The summed E-state index contributed by atoms with van der Waals surface area (Å²) >= 11 is 11.8. The predicted octanol–water partition coefficient (Wildman–Crippen LogP) is 2.23. The molecule has 1 aromatic heterocycles. The second kappa shape index (κ2) is 5.87. The van der Waals surface area contributed by atoms with Gasteiger partial charge in [-0.3, -0.25) is 9.69 Å². The molecule has 0 spiro atoms. The van der Waals surface area contributed by atoms with Crippen LogP contribution >= 0.6 is 23.2 Å². The maximum Gasteiger partial charge on any atom is 0.234 e. The number of nitrogens with zero attached hydrogens (tertiary/aromatic N) is 2. The zero-order chi connectivity index (χ0) is 13.1. The molecule has 0 saturated carbocycles. The van der Waals surface area contributed by atoms with Gasteiger partial charge in [-0.15, -0.1) is 0 Å². The normalized spacial score (nSPS) is 20.9. The van der Waals surface area contributed by atoms with Gasteiger partial charge in [-0.25, -0.2) is 4.98 Å². The summed E-state index contributed by atoms with van der Waals surface area (Å²) in [6.07, 6.45) is 2.92. The van der Waals surface area contributed by atoms with Crippen molar-refractivity contribution in [1.82, 2.24) is 9.88 Å². The summed E-state index contributed by atoms with van der Waals surface area (Å²) in [4.78, 5) is 17.5. The summed E-state index contributed by atoms with van der Waals surface area (Å²) in [6.45, 7) is 1.43. The third-order valence-corrected chi connectivity index (χ3v) is 3.75. The standard InChI is InChI=1S/C12H15Cl2N3O/c13-10-5-4-8(11(14)16-10)7-17-6-2-1-3-9(17)12(15)18/h4-5,9H,1-3,6-7H2,(H2,15,18). The van der Waals surface area contributed by atoms with Gasteiger partial charge in [0, 0.05) is 12.1 Å². The fraction of sp³-hybridized carbons (Fsp3) is 0.500. The number of carbonyl (C=O) groups excluding carboxylic acids is 1. The molecule has 98 valence electrons. The van der Waals surface area contributed by atoms with Crippen molar-refractivity contribution in [3.8, 4) is 0 Å². The van der Waals surface area contributed by atoms with Gasteiger partial charge in [0.05, 0.1) is 6.04 Å². The highest BCUT2D eigenvalue weighted by molar-refractivity contribution is 6.32. The van der Waals surface area contributed by atoms with E-state index in [1.54, 1.807) is 6.07 Å². The Bertz CT molecular complexity index is 453. The molecule has 2 heterocycles. The van der Waals surface area contributed by atoms with Crippen molar-refractivity contribution in [2.75, 3.05) is 6.54 Å². The fourth-order valence-corrected chi connectivity index (χ4v) is 2.68. The van der Waals surface area contributed by atoms with E-state index in [1.165, 1.54) is 0 Å². The molecule has 6 heteroatoms. The first-order chi connectivity index (χ1) is 8.58. The van der Waals surface area contributed by atoms with Crippen LogP contribution in [0, 0.1) is 0 Å². The first-order valence-electron chi connectivity index (χ1n) is 5.92. The summed E-state index contributed by atoms with van der Waals surface area (Å²) in [7, 11) is 0. The van der Waals surface area contributed by atoms with E-state index in [0.29, 0.717) is 16.9 Å². The van der Waals surface area contributed by atoms with Crippen LogP contribution in [0.4, 0.5) is 0 Å². The van der Waals surface area contributed by atoms with Crippen molar-refractivity contribution in [2.45, 2.75) is 31.8 Å². The van der Waals surface area contributed by atoms with Gasteiger partial charge in [-0.05, 0) is 25.5 Å². The number of carbonyl (C=O) groups is 1. The van der Waals surface area contributed by atoms with Gasteiger partial charge < -0.3 is 5.73 Å². The summed E-state index contributed by atoms with van der Waals surface area (Å²) in [5, 5.41) is 0.755. The molecule has 1 aliphatic rings. The number of nitrogens with two attached hydrogens (primary N) is 1. The van der Waals surface area contributed by atoms with Crippen LogP contribution in [-0.4, -0.2) is 28.4 Å². The van der Waals surface area contributed by atoms with Gasteiger partial charge in [0.2, 0.25) is 5.91 Å². The molecule has 1 fully saturated rings. The Balaban J connectivity index is 2.13. The second-order valence-corrected chi connectivity index (χ2v) is 5.21. The Morgan fingerprint density at radius 2 is 2.22 bits per heavy atom. The van der Waals surface area contributed by atoms with Gasteiger partial charge in [0.25, 0.3) is 0 Å². The van der Waals surface area contributed by atoms with Gasteiger partial charge in [0.15, 0.2) is 0 Å². The number of amides is 1. The molecule has 4 nitrogen and oxygen atoms in total. The highest BCUT2D eigenvalue weighted by Gasteiger charge is 2.27. The lowest BCUT2D eigenvalue weighted by molar-refractivity contribution is -0.124. The number of pyridine rings is 1. The van der Waals surface area contributed by atoms with Crippen LogP contribution in [0.15, 0.2) is 12.1 Å². The molecule has 0 aliphatic carbocycles. The molecule has 2 rings (SSSR count). The largest absolute Gasteiger partial charge is 0.368 e. The molecule has 0 aromatic carbocycles. The Labute approximate surface area is 116 Å². The number of halogens is 2. The second-order valence-electron chi connectivity index (χ2n) is 4.47. The Morgan fingerprint density at radius 3 is 2.89 bits per heavy atom. The van der Waals surface area contributed by atoms with Crippen LogP contribution in [0.5, 0.6) is 0 Å². The number of hydrogen-bond acceptors (Lipinski definition) is 3. The van der Waals surface area contributed by atoms with E-state index in [9.17, 15) is 4.79 Å². The van der Waals surface area contributed by atoms with Crippen molar-refractivity contribution in [2.24, 2.45) is 5.73 Å². The molecular formula is C12H15Cl2N3O. The predicted molar refractivity (Wildman–Crippen MR) is 71.5 cm³/mol. The van der Waals surface area contributed by atoms with E-state index in [2.05, 4.69) is 9.88 Å². The highest BCUT2D eigenvalue weighted by atomic mass is 35.5. The van der Waals surface area contributed by atoms with Crippen LogP contribution in [0.25, 0.3) is 0 Å². The maximum absolute atomic E-state index is 11.4. The maximum atomic E-state index is 11.4. The number of rotatable bonds is 3. The summed E-state index contributed by atoms with van der Waals surface area (Å²) in [6, 6.07) is 3.33. The average Bonchev–Trinajstić information content (AvgIpc) is 2.33. The number of piperidine rings is 1. The first kappa shape index (κ1) is 13.6. The lowest BCUT2D eigenvalue weighted by Crippen LogP contribution is -2.47. The minimum absolute atomic E-state index is 0.203. The third-order valence-electron chi connectivity index (χ3n) is 3.21. The van der Waals surface area contributed by atoms with Gasteiger partial charge in [-0.2, -0.15) is 0 Å². The van der Waals surface area contributed by atoms with Crippen LogP contribution < -0.4 is 5.73 Å². The molecule has 1 atom stereocenters. The van der Waals surface area contributed by atoms with E-state index < -0.39 is 0 Å². The van der Waals surface area contributed by atoms with Crippen molar-refractivity contribution in [1.29, 1.82) is 0 Å². The molecule has 1 saturated heterocycles. The van der Waals surface area contributed by atoms with E-state index in [-0.39, 0.29) is 11.9 Å². The molecule has 18 heavy (non-hydrogen) atoms. The first-order valence-corrected chi connectivity index (χ1v) is 6.68. The molecule has 1 aliphatic heterocycles. The highest BCUT2D eigenvalue weighted by Crippen LogP contribution is 2.23. The topological polar surface area (TPSA) is 59.2 Å². The molecule has 0 radical (unpaired) electrons. The van der Waals surface area contributed by atoms with E-state index >= 15 is 0 Å². The van der Waals surface area contributed by atoms with E-state index in [0.717, 1.165) is 31.4 Å². The quantitative estimate of drug-likeness (QED) is 0.868. The molecule has 1 amide bonds. The monoisotopic (exact) mass is 287 g/mol. The minimum Gasteiger partial charge on any atom is -0.368 e. The summed E-state index contributed by atoms with van der Waals surface area (Å²) < 4.78 is 0. The molecule has 2 N–H and O–H groups in total. The van der Waals surface area contributed by atoms with Crippen LogP contribution in [-0.2, 0) is 11.3 Å². The molecular weight excluding hydrogens is 273 g/mol. The Kier molecular flexibility index (Phi) is 4.43. The van der Waals surface area contributed by atoms with Gasteiger partial charge >= 0.3 is 0 Å². The smallest absolute Gasteiger partial charge is 0.234 e. The van der Waals surface area contributed by atoms with Crippen LogP contribution in [0.2, 0.25) is 10.3 Å². The van der Waals surface area contributed by atoms with E-state index in [1.807, 2.05) is 6.07 Å². The number of hydrogen-bond donors (Lipinski definition) is 1. The van der Waals surface area contributed by atoms with Crippen molar-refractivity contribution < 1.29 is 4.79 Å². The Morgan fingerprint density at radius 1 is 1.44 bits per heavy atom. The summed E-state index contributed by atoms with van der Waals surface area (Å²) in [5.74, 6) is -0.271. The Hall–Kier alpha value is -0.840. The number of primary amides is 1. The molecule has 1 unspecified atom stereocenters. The SMILES string of the molecule is NC(=O)C1CCCCN1Cc1ccc(Cl)nc1Cl. The number of aromatic nitrogens is 1. The lowest BCUT2D eigenvalue weighted by Gasteiger charge is -2.33. The van der Waals surface area contributed by atoms with Crippen molar-refractivity contribution in [3.63, 3.8) is 0 Å². The zero-order valence-corrected chi connectivity index (χ0v) is 11.4. The minimum atomic E-state index is -0.271. The van der Waals surface area contributed by atoms with Crippen LogP contribution in [0.3, 0.4) is 0 Å². The van der Waals surface area contributed by atoms with Gasteiger partial charge in [0.1, 0.15) is 10.3 Å². The van der Waals surface area contributed by atoms with Crippen molar-refractivity contribution in [3.05, 3.63) is 28.0 Å².